The summed E-state index contributed by atoms with van der Waals surface area (Å²) in [4.78, 5) is 11.7. The van der Waals surface area contributed by atoms with Crippen molar-refractivity contribution in [3.8, 4) is 0 Å². The largest absolute Gasteiger partial charge is 0.313 e. The van der Waals surface area contributed by atoms with Gasteiger partial charge in [0.05, 0.1) is 4.90 Å². The highest BCUT2D eigenvalue weighted by Crippen LogP contribution is 2.50. The van der Waals surface area contributed by atoms with E-state index in [0.29, 0.717) is 10.6 Å². The van der Waals surface area contributed by atoms with Crippen molar-refractivity contribution in [1.82, 2.24) is 0 Å². The van der Waals surface area contributed by atoms with Crippen molar-refractivity contribution in [1.29, 1.82) is 0 Å². The highest BCUT2D eigenvalue weighted by atomic mass is 35.5. The summed E-state index contributed by atoms with van der Waals surface area (Å²) in [6, 6.07) is 14.1. The van der Waals surface area contributed by atoms with Gasteiger partial charge >= 0.3 is 0 Å². The number of hydrogen-bond acceptors (Lipinski definition) is 5. The van der Waals surface area contributed by atoms with Crippen LogP contribution in [0, 0.1) is 0 Å². The van der Waals surface area contributed by atoms with Gasteiger partial charge < -0.3 is 4.57 Å². The van der Waals surface area contributed by atoms with E-state index < -0.39 is 29.1 Å². The van der Waals surface area contributed by atoms with E-state index in [9.17, 15) is 17.8 Å². The second-order valence-corrected chi connectivity index (χ2v) is 10.2. The van der Waals surface area contributed by atoms with Crippen LogP contribution in [0.25, 0.3) is 0 Å². The van der Waals surface area contributed by atoms with E-state index in [0.717, 1.165) is 0 Å². The Balaban J connectivity index is 2.18. The first-order valence-corrected chi connectivity index (χ1v) is 10.9. The van der Waals surface area contributed by atoms with E-state index in [-0.39, 0.29) is 11.1 Å². The minimum absolute atomic E-state index is 0.0424. The lowest BCUT2D eigenvalue weighted by Gasteiger charge is -2.15. The summed E-state index contributed by atoms with van der Waals surface area (Å²) in [7, 11) is -7.63. The Hall–Kier alpha value is -1.46. The van der Waals surface area contributed by atoms with Gasteiger partial charge in [-0.15, -0.1) is 0 Å². The highest BCUT2D eigenvalue weighted by molar-refractivity contribution is 7.87. The van der Waals surface area contributed by atoms with E-state index in [1.54, 1.807) is 30.3 Å². The van der Waals surface area contributed by atoms with Gasteiger partial charge in [0.15, 0.2) is 12.7 Å². The first-order valence-electron chi connectivity index (χ1n) is 7.01. The highest BCUT2D eigenvalue weighted by Gasteiger charge is 2.31. The number of carbonyl (C=O) groups excluding carboxylic acids is 1. The third kappa shape index (κ3) is 4.77. The van der Waals surface area contributed by atoms with Crippen LogP contribution in [0.2, 0.25) is 5.02 Å². The third-order valence-corrected chi connectivity index (χ3v) is 7.65. The van der Waals surface area contributed by atoms with Gasteiger partial charge in [0, 0.05) is 18.1 Å². The Morgan fingerprint density at radius 3 is 2.21 bits per heavy atom. The lowest BCUT2D eigenvalue weighted by molar-refractivity contribution is -0.110. The van der Waals surface area contributed by atoms with Crippen molar-refractivity contribution in [3.63, 3.8) is 0 Å². The number of benzene rings is 2. The predicted molar refractivity (Wildman–Crippen MR) is 93.0 cm³/mol. The summed E-state index contributed by atoms with van der Waals surface area (Å²) < 4.78 is 42.1. The number of rotatable bonds is 7. The van der Waals surface area contributed by atoms with Crippen LogP contribution in [0.15, 0.2) is 59.5 Å². The molecule has 0 fully saturated rings. The Bertz CT molecular complexity index is 863. The van der Waals surface area contributed by atoms with E-state index in [2.05, 4.69) is 0 Å². The van der Waals surface area contributed by atoms with Crippen molar-refractivity contribution in [3.05, 3.63) is 65.2 Å². The first-order chi connectivity index (χ1) is 11.2. The summed E-state index contributed by atoms with van der Waals surface area (Å²) in [5.41, 5.74) is 0.112. The molecule has 2 rings (SSSR count). The van der Waals surface area contributed by atoms with Gasteiger partial charge in [-0.25, -0.2) is 0 Å². The van der Waals surface area contributed by atoms with Crippen molar-refractivity contribution >= 4 is 34.4 Å². The molecule has 0 aliphatic rings. The molecule has 0 bridgehead atoms. The smallest absolute Gasteiger partial charge is 0.297 e. The normalized spacial score (nSPS) is 14.1. The SMILES string of the molecule is CC(=O)P(=O)(COS(=O)(=O)c1ccc(Cl)cc1)Cc1ccccc1. The summed E-state index contributed by atoms with van der Waals surface area (Å²) in [5, 5.41) is 0.382. The molecule has 128 valence electrons. The van der Waals surface area contributed by atoms with E-state index in [1.807, 2.05) is 0 Å². The molecule has 0 saturated heterocycles. The zero-order chi connectivity index (χ0) is 17.8. The molecule has 8 heteroatoms. The fraction of sp³-hybridized carbons (Fsp3) is 0.188. The van der Waals surface area contributed by atoms with Crippen LogP contribution < -0.4 is 0 Å². The standard InChI is InChI=1S/C16H16ClO5PS/c1-13(18)23(19,11-14-5-3-2-4-6-14)12-22-24(20,21)16-9-7-15(17)8-10-16/h2-10H,11-12H2,1H3. The predicted octanol–water partition coefficient (Wildman–Crippen LogP) is 4.11. The van der Waals surface area contributed by atoms with Crippen LogP contribution >= 0.6 is 18.7 Å². The molecule has 0 heterocycles. The molecule has 1 atom stereocenters. The maximum atomic E-state index is 12.9. The molecule has 0 saturated carbocycles. The Morgan fingerprint density at radius 2 is 1.67 bits per heavy atom. The van der Waals surface area contributed by atoms with Gasteiger partial charge in [0.2, 0.25) is 0 Å². The molecular weight excluding hydrogens is 371 g/mol. The zero-order valence-electron chi connectivity index (χ0n) is 12.9. The van der Waals surface area contributed by atoms with Crippen LogP contribution in [0.1, 0.15) is 12.5 Å². The van der Waals surface area contributed by atoms with Crippen molar-refractivity contribution < 1.29 is 22.0 Å². The Labute approximate surface area is 146 Å². The molecule has 0 spiro atoms. The zero-order valence-corrected chi connectivity index (χ0v) is 15.4. The van der Waals surface area contributed by atoms with Crippen LogP contribution in [-0.2, 0) is 29.8 Å². The van der Waals surface area contributed by atoms with Crippen LogP contribution in [0.3, 0.4) is 0 Å². The summed E-state index contributed by atoms with van der Waals surface area (Å²) in [5.74, 6) is 0. The lowest BCUT2D eigenvalue weighted by atomic mass is 10.2. The van der Waals surface area contributed by atoms with Crippen LogP contribution in [-0.4, -0.2) is 20.3 Å². The molecule has 24 heavy (non-hydrogen) atoms. The second-order valence-electron chi connectivity index (χ2n) is 5.21. The molecule has 0 radical (unpaired) electrons. The molecule has 1 unspecified atom stereocenters. The molecule has 0 aliphatic carbocycles. The van der Waals surface area contributed by atoms with Crippen LogP contribution in [0.4, 0.5) is 0 Å². The minimum atomic E-state index is -4.12. The lowest BCUT2D eigenvalue weighted by Crippen LogP contribution is -2.11. The van der Waals surface area contributed by atoms with Gasteiger partial charge in [-0.3, -0.25) is 8.98 Å². The molecule has 2 aromatic carbocycles. The van der Waals surface area contributed by atoms with Crippen molar-refractivity contribution in [2.75, 3.05) is 6.35 Å². The second kappa shape index (κ2) is 7.62. The maximum Gasteiger partial charge on any atom is 0.297 e. The fourth-order valence-corrected chi connectivity index (χ4v) is 5.21. The van der Waals surface area contributed by atoms with E-state index in [4.69, 9.17) is 15.8 Å². The summed E-state index contributed by atoms with van der Waals surface area (Å²) in [6.45, 7) is 1.18. The van der Waals surface area contributed by atoms with Crippen molar-refractivity contribution in [2.45, 2.75) is 18.0 Å². The molecule has 0 N–H and O–H groups in total. The van der Waals surface area contributed by atoms with Crippen LogP contribution in [0.5, 0.6) is 0 Å². The summed E-state index contributed by atoms with van der Waals surface area (Å²) >= 11 is 5.72. The van der Waals surface area contributed by atoms with Gasteiger partial charge in [-0.05, 0) is 29.8 Å². The monoisotopic (exact) mass is 386 g/mol. The van der Waals surface area contributed by atoms with Gasteiger partial charge in [0.1, 0.15) is 6.35 Å². The van der Waals surface area contributed by atoms with E-state index >= 15 is 0 Å². The fourth-order valence-electron chi connectivity index (χ4n) is 1.95. The average molecular weight is 387 g/mol. The molecule has 0 amide bonds. The number of hydrogen-bond donors (Lipinski definition) is 0. The molecule has 0 aliphatic heterocycles. The topological polar surface area (TPSA) is 77.5 Å². The quantitative estimate of drug-likeness (QED) is 0.528. The number of halogens is 1. The van der Waals surface area contributed by atoms with E-state index in [1.165, 1.54) is 31.2 Å². The van der Waals surface area contributed by atoms with Gasteiger partial charge in [-0.1, -0.05) is 41.9 Å². The molecule has 2 aromatic rings. The minimum Gasteiger partial charge on any atom is -0.313 e. The average Bonchev–Trinajstić information content (AvgIpc) is 2.54. The molecule has 0 aromatic heterocycles. The Morgan fingerprint density at radius 1 is 1.08 bits per heavy atom. The van der Waals surface area contributed by atoms with Crippen molar-refractivity contribution in [2.24, 2.45) is 0 Å². The van der Waals surface area contributed by atoms with Gasteiger partial charge in [0.25, 0.3) is 10.1 Å². The maximum absolute atomic E-state index is 12.9. The number of carbonyl (C=O) groups is 1. The van der Waals surface area contributed by atoms with Gasteiger partial charge in [-0.2, -0.15) is 8.42 Å². The molecule has 5 nitrogen and oxygen atoms in total. The Kier molecular flexibility index (Phi) is 5.99. The third-order valence-electron chi connectivity index (χ3n) is 3.37. The summed E-state index contributed by atoms with van der Waals surface area (Å²) in [6.07, 6.45) is -0.707. The molecular formula is C16H16ClO5PS. The first kappa shape index (κ1) is 18.9.